The first-order valence-corrected chi connectivity index (χ1v) is 5.72. The molecule has 0 saturated carbocycles. The standard InChI is InChI=1S/C14H15NO2/c1-11-7-8-13(9-15)17-14(11)16-10-12-5-3-2-4-6-12/h2-6,8,11,14H,7,10H2,1H3/t11-,14+/m1/s1. The quantitative estimate of drug-likeness (QED) is 0.800. The zero-order chi connectivity index (χ0) is 12.1. The van der Waals surface area contributed by atoms with Gasteiger partial charge in [0.2, 0.25) is 6.29 Å². The summed E-state index contributed by atoms with van der Waals surface area (Å²) in [5.41, 5.74) is 1.11. The number of hydrogen-bond donors (Lipinski definition) is 0. The number of ether oxygens (including phenoxy) is 2. The molecule has 0 bridgehead atoms. The molecule has 1 heterocycles. The maximum Gasteiger partial charge on any atom is 0.203 e. The lowest BCUT2D eigenvalue weighted by Gasteiger charge is -2.27. The third-order valence-corrected chi connectivity index (χ3v) is 2.75. The highest BCUT2D eigenvalue weighted by Gasteiger charge is 2.24. The van der Waals surface area contributed by atoms with Crippen molar-refractivity contribution in [2.24, 2.45) is 5.92 Å². The van der Waals surface area contributed by atoms with Gasteiger partial charge < -0.3 is 9.47 Å². The maximum atomic E-state index is 8.78. The molecular weight excluding hydrogens is 214 g/mol. The number of nitriles is 1. The minimum Gasteiger partial charge on any atom is -0.455 e. The number of allylic oxidation sites excluding steroid dienone is 2. The molecule has 0 fully saturated rings. The van der Waals surface area contributed by atoms with Gasteiger partial charge >= 0.3 is 0 Å². The number of rotatable bonds is 3. The van der Waals surface area contributed by atoms with Crippen molar-refractivity contribution in [2.45, 2.75) is 26.2 Å². The Hall–Kier alpha value is -1.79. The zero-order valence-electron chi connectivity index (χ0n) is 9.80. The van der Waals surface area contributed by atoms with Crippen LogP contribution in [0.15, 0.2) is 42.2 Å². The lowest BCUT2D eigenvalue weighted by Crippen LogP contribution is -2.27. The molecule has 0 aliphatic carbocycles. The van der Waals surface area contributed by atoms with Crippen molar-refractivity contribution in [3.8, 4) is 6.07 Å². The first-order chi connectivity index (χ1) is 8.29. The Morgan fingerprint density at radius 3 is 2.88 bits per heavy atom. The Kier molecular flexibility index (Phi) is 3.79. The number of benzene rings is 1. The van der Waals surface area contributed by atoms with Crippen molar-refractivity contribution >= 4 is 0 Å². The highest BCUT2D eigenvalue weighted by molar-refractivity contribution is 5.16. The van der Waals surface area contributed by atoms with Gasteiger partial charge in [0.05, 0.1) is 6.61 Å². The summed E-state index contributed by atoms with van der Waals surface area (Å²) in [7, 11) is 0. The Balaban J connectivity index is 1.91. The molecule has 0 radical (unpaired) electrons. The summed E-state index contributed by atoms with van der Waals surface area (Å²) < 4.78 is 11.1. The lowest BCUT2D eigenvalue weighted by atomic mass is 10.0. The minimum atomic E-state index is -0.324. The Labute approximate surface area is 101 Å². The third kappa shape index (κ3) is 3.08. The molecule has 2 atom stereocenters. The average Bonchev–Trinajstić information content (AvgIpc) is 2.39. The van der Waals surface area contributed by atoms with Crippen LogP contribution in [0.3, 0.4) is 0 Å². The van der Waals surface area contributed by atoms with E-state index in [9.17, 15) is 0 Å². The molecule has 0 saturated heterocycles. The van der Waals surface area contributed by atoms with E-state index in [-0.39, 0.29) is 12.2 Å². The Morgan fingerprint density at radius 2 is 2.18 bits per heavy atom. The van der Waals surface area contributed by atoms with Crippen LogP contribution in [0.25, 0.3) is 0 Å². The molecule has 1 aliphatic heterocycles. The van der Waals surface area contributed by atoms with Crippen molar-refractivity contribution < 1.29 is 9.47 Å². The number of nitrogens with zero attached hydrogens (tertiary/aromatic N) is 1. The molecule has 3 heteroatoms. The predicted octanol–water partition coefficient (Wildman–Crippen LogP) is 2.99. The van der Waals surface area contributed by atoms with E-state index >= 15 is 0 Å². The third-order valence-electron chi connectivity index (χ3n) is 2.75. The Morgan fingerprint density at radius 1 is 1.41 bits per heavy atom. The molecule has 1 aromatic rings. The van der Waals surface area contributed by atoms with Crippen molar-refractivity contribution in [3.05, 3.63) is 47.7 Å². The molecule has 17 heavy (non-hydrogen) atoms. The van der Waals surface area contributed by atoms with Gasteiger partial charge in [0.25, 0.3) is 0 Å². The van der Waals surface area contributed by atoms with E-state index in [1.165, 1.54) is 0 Å². The molecule has 1 aromatic carbocycles. The van der Waals surface area contributed by atoms with Crippen LogP contribution in [-0.4, -0.2) is 6.29 Å². The van der Waals surface area contributed by atoms with E-state index in [0.717, 1.165) is 12.0 Å². The van der Waals surface area contributed by atoms with E-state index in [1.54, 1.807) is 0 Å². The summed E-state index contributed by atoms with van der Waals surface area (Å²) in [6.07, 6.45) is 2.31. The Bertz CT molecular complexity index is 433. The van der Waals surface area contributed by atoms with Crippen LogP contribution in [0.2, 0.25) is 0 Å². The molecule has 88 valence electrons. The molecule has 2 rings (SSSR count). The largest absolute Gasteiger partial charge is 0.455 e. The second kappa shape index (κ2) is 5.51. The van der Waals surface area contributed by atoms with Crippen LogP contribution in [0.1, 0.15) is 18.9 Å². The van der Waals surface area contributed by atoms with Gasteiger partial charge in [-0.15, -0.1) is 0 Å². The average molecular weight is 229 g/mol. The van der Waals surface area contributed by atoms with Gasteiger partial charge in [-0.1, -0.05) is 37.3 Å². The maximum absolute atomic E-state index is 8.78. The molecule has 0 spiro atoms. The molecule has 0 unspecified atom stereocenters. The summed E-state index contributed by atoms with van der Waals surface area (Å²) in [5.74, 6) is 0.636. The first kappa shape index (κ1) is 11.7. The molecule has 1 aliphatic rings. The molecule has 3 nitrogen and oxygen atoms in total. The van der Waals surface area contributed by atoms with Crippen LogP contribution >= 0.6 is 0 Å². The highest BCUT2D eigenvalue weighted by Crippen LogP contribution is 2.24. The van der Waals surface area contributed by atoms with Gasteiger partial charge in [-0.05, 0) is 18.1 Å². The van der Waals surface area contributed by atoms with Crippen LogP contribution < -0.4 is 0 Å². The van der Waals surface area contributed by atoms with E-state index in [0.29, 0.717) is 12.4 Å². The van der Waals surface area contributed by atoms with Gasteiger partial charge in [0.15, 0.2) is 5.76 Å². The van der Waals surface area contributed by atoms with Gasteiger partial charge in [-0.3, -0.25) is 0 Å². The van der Waals surface area contributed by atoms with Crippen LogP contribution in [-0.2, 0) is 16.1 Å². The van der Waals surface area contributed by atoms with Crippen molar-refractivity contribution in [2.75, 3.05) is 0 Å². The second-order valence-corrected chi connectivity index (χ2v) is 4.18. The summed E-state index contributed by atoms with van der Waals surface area (Å²) in [6, 6.07) is 12.0. The fraction of sp³-hybridized carbons (Fsp3) is 0.357. The minimum absolute atomic E-state index is 0.274. The van der Waals surface area contributed by atoms with Gasteiger partial charge in [-0.2, -0.15) is 5.26 Å². The number of hydrogen-bond acceptors (Lipinski definition) is 3. The normalized spacial score (nSPS) is 23.4. The van der Waals surface area contributed by atoms with Crippen molar-refractivity contribution in [3.63, 3.8) is 0 Å². The van der Waals surface area contributed by atoms with Gasteiger partial charge in [0.1, 0.15) is 6.07 Å². The molecular formula is C14H15NO2. The molecule has 0 amide bonds. The topological polar surface area (TPSA) is 42.2 Å². The van der Waals surface area contributed by atoms with E-state index in [2.05, 4.69) is 6.92 Å². The molecule has 0 aromatic heterocycles. The van der Waals surface area contributed by atoms with Gasteiger partial charge in [0, 0.05) is 5.92 Å². The fourth-order valence-electron chi connectivity index (χ4n) is 1.72. The highest BCUT2D eigenvalue weighted by atomic mass is 16.7. The lowest BCUT2D eigenvalue weighted by molar-refractivity contribution is -0.155. The SMILES string of the molecule is C[C@@H]1CC=C(C#N)O[C@@H]1OCc1ccccc1. The van der Waals surface area contributed by atoms with Crippen LogP contribution in [0.4, 0.5) is 0 Å². The summed E-state index contributed by atoms with van der Waals surface area (Å²) in [4.78, 5) is 0. The van der Waals surface area contributed by atoms with E-state index < -0.39 is 0 Å². The first-order valence-electron chi connectivity index (χ1n) is 5.72. The summed E-state index contributed by atoms with van der Waals surface area (Å²) >= 11 is 0. The van der Waals surface area contributed by atoms with Crippen LogP contribution in [0.5, 0.6) is 0 Å². The fourth-order valence-corrected chi connectivity index (χ4v) is 1.72. The van der Waals surface area contributed by atoms with Crippen molar-refractivity contribution in [1.29, 1.82) is 5.26 Å². The van der Waals surface area contributed by atoms with Crippen LogP contribution in [0, 0.1) is 17.2 Å². The monoisotopic (exact) mass is 229 g/mol. The van der Waals surface area contributed by atoms with E-state index in [1.807, 2.05) is 42.5 Å². The second-order valence-electron chi connectivity index (χ2n) is 4.18. The zero-order valence-corrected chi connectivity index (χ0v) is 9.80. The summed E-state index contributed by atoms with van der Waals surface area (Å²) in [6.45, 7) is 2.56. The van der Waals surface area contributed by atoms with Crippen molar-refractivity contribution in [1.82, 2.24) is 0 Å². The smallest absolute Gasteiger partial charge is 0.203 e. The van der Waals surface area contributed by atoms with E-state index in [4.69, 9.17) is 14.7 Å². The molecule has 0 N–H and O–H groups in total. The van der Waals surface area contributed by atoms with Gasteiger partial charge in [-0.25, -0.2) is 0 Å². The summed E-state index contributed by atoms with van der Waals surface area (Å²) in [5, 5.41) is 8.78. The predicted molar refractivity (Wildman–Crippen MR) is 63.6 cm³/mol.